The van der Waals surface area contributed by atoms with Crippen LogP contribution in [0.4, 0.5) is 0 Å². The van der Waals surface area contributed by atoms with E-state index in [1.165, 1.54) is 10.5 Å². The number of benzene rings is 1. The standard InChI is InChI=1S/C15H13ClN2OS/c16-14-11(5-3-8-17-14)15(19)18-12-7-9-20-13-6-2-1-4-10(12)13/h1-6,8,12H,7,9H2,(H,18,19). The van der Waals surface area contributed by atoms with Gasteiger partial charge in [0.2, 0.25) is 0 Å². The summed E-state index contributed by atoms with van der Waals surface area (Å²) in [7, 11) is 0. The predicted octanol–water partition coefficient (Wildman–Crippen LogP) is 3.70. The number of hydrogen-bond donors (Lipinski definition) is 1. The van der Waals surface area contributed by atoms with Crippen LogP contribution in [0.3, 0.4) is 0 Å². The van der Waals surface area contributed by atoms with Crippen LogP contribution in [0.1, 0.15) is 28.4 Å². The van der Waals surface area contributed by atoms with Crippen LogP contribution in [0.5, 0.6) is 0 Å². The van der Waals surface area contributed by atoms with Crippen molar-refractivity contribution in [1.82, 2.24) is 10.3 Å². The number of thioether (sulfide) groups is 1. The number of carbonyl (C=O) groups excluding carboxylic acids is 1. The Balaban J connectivity index is 1.83. The summed E-state index contributed by atoms with van der Waals surface area (Å²) in [6, 6.07) is 11.6. The van der Waals surface area contributed by atoms with Gasteiger partial charge in [0.1, 0.15) is 5.15 Å². The number of carbonyl (C=O) groups is 1. The normalized spacial score (nSPS) is 17.4. The van der Waals surface area contributed by atoms with Crippen LogP contribution >= 0.6 is 23.4 Å². The van der Waals surface area contributed by atoms with E-state index in [9.17, 15) is 4.79 Å². The van der Waals surface area contributed by atoms with Gasteiger partial charge in [-0.15, -0.1) is 11.8 Å². The summed E-state index contributed by atoms with van der Waals surface area (Å²) in [5, 5.41) is 3.29. The molecule has 0 saturated heterocycles. The van der Waals surface area contributed by atoms with E-state index in [0.717, 1.165) is 12.2 Å². The fraction of sp³-hybridized carbons (Fsp3) is 0.200. The number of halogens is 1. The molecule has 0 bridgehead atoms. The average molecular weight is 305 g/mol. The van der Waals surface area contributed by atoms with Crippen molar-refractivity contribution in [3.8, 4) is 0 Å². The molecule has 102 valence electrons. The van der Waals surface area contributed by atoms with Crippen molar-refractivity contribution in [3.63, 3.8) is 0 Å². The minimum absolute atomic E-state index is 0.0382. The molecule has 1 aromatic carbocycles. The Bertz CT molecular complexity index is 647. The maximum Gasteiger partial charge on any atom is 0.254 e. The summed E-state index contributed by atoms with van der Waals surface area (Å²) in [4.78, 5) is 17.5. The fourth-order valence-corrected chi connectivity index (χ4v) is 3.61. The van der Waals surface area contributed by atoms with Gasteiger partial charge < -0.3 is 5.32 Å². The smallest absolute Gasteiger partial charge is 0.254 e. The molecule has 2 aromatic rings. The van der Waals surface area contributed by atoms with Crippen LogP contribution in [-0.4, -0.2) is 16.6 Å². The number of nitrogens with one attached hydrogen (secondary N) is 1. The van der Waals surface area contributed by atoms with Crippen molar-refractivity contribution in [2.24, 2.45) is 0 Å². The van der Waals surface area contributed by atoms with Crippen molar-refractivity contribution in [2.75, 3.05) is 5.75 Å². The van der Waals surface area contributed by atoms with Gasteiger partial charge in [0.25, 0.3) is 5.91 Å². The third-order valence-corrected chi connectivity index (χ3v) is 4.69. The maximum atomic E-state index is 12.3. The number of nitrogens with zero attached hydrogens (tertiary/aromatic N) is 1. The highest BCUT2D eigenvalue weighted by molar-refractivity contribution is 7.99. The van der Waals surface area contributed by atoms with Crippen LogP contribution in [0.2, 0.25) is 5.15 Å². The molecule has 3 rings (SSSR count). The first kappa shape index (κ1) is 13.5. The minimum Gasteiger partial charge on any atom is -0.345 e. The van der Waals surface area contributed by atoms with Gasteiger partial charge >= 0.3 is 0 Å². The van der Waals surface area contributed by atoms with Gasteiger partial charge in [0.05, 0.1) is 11.6 Å². The second kappa shape index (κ2) is 5.85. The van der Waals surface area contributed by atoms with Crippen LogP contribution in [0, 0.1) is 0 Å². The Morgan fingerprint density at radius 3 is 3.00 bits per heavy atom. The summed E-state index contributed by atoms with van der Waals surface area (Å²) in [6.45, 7) is 0. The molecule has 1 aliphatic heterocycles. The first-order valence-electron chi connectivity index (χ1n) is 6.39. The summed E-state index contributed by atoms with van der Waals surface area (Å²) in [5.74, 6) is 0.831. The molecule has 0 spiro atoms. The Hall–Kier alpha value is -1.52. The van der Waals surface area contributed by atoms with Crippen molar-refractivity contribution in [3.05, 3.63) is 58.9 Å². The maximum absolute atomic E-state index is 12.3. The minimum atomic E-state index is -0.171. The number of hydrogen-bond acceptors (Lipinski definition) is 3. The molecule has 1 atom stereocenters. The molecule has 0 saturated carbocycles. The molecule has 0 aliphatic carbocycles. The Morgan fingerprint density at radius 1 is 1.30 bits per heavy atom. The molecule has 0 radical (unpaired) electrons. The van der Waals surface area contributed by atoms with Gasteiger partial charge in [-0.1, -0.05) is 29.8 Å². The second-order valence-electron chi connectivity index (χ2n) is 4.54. The highest BCUT2D eigenvalue weighted by atomic mass is 35.5. The van der Waals surface area contributed by atoms with E-state index >= 15 is 0 Å². The zero-order valence-electron chi connectivity index (χ0n) is 10.7. The van der Waals surface area contributed by atoms with Crippen molar-refractivity contribution in [1.29, 1.82) is 0 Å². The molecule has 1 unspecified atom stereocenters. The summed E-state index contributed by atoms with van der Waals surface area (Å²) in [5.41, 5.74) is 1.60. The SMILES string of the molecule is O=C(NC1CCSc2ccccc21)c1cccnc1Cl. The van der Waals surface area contributed by atoms with Crippen LogP contribution < -0.4 is 5.32 Å². The quantitative estimate of drug-likeness (QED) is 0.860. The summed E-state index contributed by atoms with van der Waals surface area (Å²) < 4.78 is 0. The monoisotopic (exact) mass is 304 g/mol. The van der Waals surface area contributed by atoms with E-state index in [1.54, 1.807) is 18.3 Å². The third-order valence-electron chi connectivity index (χ3n) is 3.27. The largest absolute Gasteiger partial charge is 0.345 e. The number of pyridine rings is 1. The molecule has 1 aliphatic rings. The summed E-state index contributed by atoms with van der Waals surface area (Å²) >= 11 is 7.79. The van der Waals surface area contributed by atoms with E-state index in [0.29, 0.717) is 5.56 Å². The van der Waals surface area contributed by atoms with Crippen LogP contribution in [0.15, 0.2) is 47.5 Å². The average Bonchev–Trinajstić information content (AvgIpc) is 2.48. The number of aromatic nitrogens is 1. The molecule has 3 nitrogen and oxygen atoms in total. The lowest BCUT2D eigenvalue weighted by molar-refractivity contribution is 0.0935. The summed E-state index contributed by atoms with van der Waals surface area (Å²) in [6.07, 6.45) is 2.50. The van der Waals surface area contributed by atoms with Gasteiger partial charge in [0.15, 0.2) is 0 Å². The van der Waals surface area contributed by atoms with Crippen molar-refractivity contribution >= 4 is 29.3 Å². The zero-order valence-corrected chi connectivity index (χ0v) is 12.2. The van der Waals surface area contributed by atoms with E-state index in [-0.39, 0.29) is 17.1 Å². The van der Waals surface area contributed by atoms with E-state index in [2.05, 4.69) is 22.4 Å². The molecule has 1 amide bonds. The topological polar surface area (TPSA) is 42.0 Å². The number of amides is 1. The van der Waals surface area contributed by atoms with Crippen molar-refractivity contribution in [2.45, 2.75) is 17.4 Å². The highest BCUT2D eigenvalue weighted by Gasteiger charge is 2.23. The van der Waals surface area contributed by atoms with Gasteiger partial charge in [-0.25, -0.2) is 4.98 Å². The lowest BCUT2D eigenvalue weighted by Crippen LogP contribution is -2.30. The van der Waals surface area contributed by atoms with Crippen molar-refractivity contribution < 1.29 is 4.79 Å². The zero-order chi connectivity index (χ0) is 13.9. The Labute approximate surface area is 126 Å². The van der Waals surface area contributed by atoms with E-state index in [1.807, 2.05) is 23.9 Å². The first-order chi connectivity index (χ1) is 9.75. The molecular formula is C15H13ClN2OS. The Morgan fingerprint density at radius 2 is 2.15 bits per heavy atom. The van der Waals surface area contributed by atoms with Gasteiger partial charge in [0, 0.05) is 16.8 Å². The molecule has 20 heavy (non-hydrogen) atoms. The molecule has 1 aromatic heterocycles. The first-order valence-corrected chi connectivity index (χ1v) is 7.75. The highest BCUT2D eigenvalue weighted by Crippen LogP contribution is 2.36. The van der Waals surface area contributed by atoms with Gasteiger partial charge in [-0.2, -0.15) is 0 Å². The van der Waals surface area contributed by atoms with E-state index in [4.69, 9.17) is 11.6 Å². The second-order valence-corrected chi connectivity index (χ2v) is 6.04. The molecule has 1 N–H and O–H groups in total. The number of rotatable bonds is 2. The van der Waals surface area contributed by atoms with Crippen LogP contribution in [0.25, 0.3) is 0 Å². The number of fused-ring (bicyclic) bond motifs is 1. The Kier molecular flexibility index (Phi) is 3.94. The third kappa shape index (κ3) is 2.67. The van der Waals surface area contributed by atoms with Gasteiger partial charge in [-0.05, 0) is 30.2 Å². The molecule has 2 heterocycles. The lowest BCUT2D eigenvalue weighted by atomic mass is 10.0. The fourth-order valence-electron chi connectivity index (χ4n) is 2.28. The molecular weight excluding hydrogens is 292 g/mol. The molecule has 0 fully saturated rings. The van der Waals surface area contributed by atoms with Gasteiger partial charge in [-0.3, -0.25) is 4.79 Å². The lowest BCUT2D eigenvalue weighted by Gasteiger charge is -2.25. The predicted molar refractivity (Wildman–Crippen MR) is 81.2 cm³/mol. The van der Waals surface area contributed by atoms with Crippen LogP contribution in [-0.2, 0) is 0 Å². The molecule has 5 heteroatoms. The van der Waals surface area contributed by atoms with E-state index < -0.39 is 0 Å².